The summed E-state index contributed by atoms with van der Waals surface area (Å²) in [5.74, 6) is 1.20. The van der Waals surface area contributed by atoms with Gasteiger partial charge in [-0.2, -0.15) is 0 Å². The molecule has 4 nitrogen and oxygen atoms in total. The summed E-state index contributed by atoms with van der Waals surface area (Å²) in [7, 11) is 0. The molecule has 0 aliphatic carbocycles. The van der Waals surface area contributed by atoms with Gasteiger partial charge in [0.2, 0.25) is 5.91 Å². The molecule has 2 aromatic rings. The molecule has 1 aliphatic rings. The van der Waals surface area contributed by atoms with Gasteiger partial charge in [-0.15, -0.1) is 0 Å². The highest BCUT2D eigenvalue weighted by molar-refractivity contribution is 6.03. The van der Waals surface area contributed by atoms with Gasteiger partial charge in [0.25, 0.3) is 0 Å². The summed E-state index contributed by atoms with van der Waals surface area (Å²) in [6.07, 6.45) is 1.61. The minimum atomic E-state index is -0.168. The summed E-state index contributed by atoms with van der Waals surface area (Å²) < 4.78 is 11.0. The lowest BCUT2D eigenvalue weighted by Crippen LogP contribution is -2.16. The number of hydrogen-bond donors (Lipinski definition) is 1. The molecule has 0 bridgehead atoms. The van der Waals surface area contributed by atoms with E-state index in [0.29, 0.717) is 30.4 Å². The third kappa shape index (κ3) is 5.62. The molecule has 0 atom stereocenters. The van der Waals surface area contributed by atoms with Crippen molar-refractivity contribution in [2.45, 2.75) is 47.0 Å². The summed E-state index contributed by atoms with van der Waals surface area (Å²) in [4.78, 5) is 12.3. The molecular formula is C24H31NO3. The van der Waals surface area contributed by atoms with Gasteiger partial charge in [-0.3, -0.25) is 4.79 Å². The van der Waals surface area contributed by atoms with Gasteiger partial charge >= 0.3 is 0 Å². The number of fused-ring (bicyclic) bond motifs is 1. The summed E-state index contributed by atoms with van der Waals surface area (Å²) in [6, 6.07) is 13.8. The SMILES string of the molecule is C/C(=C\C(=O)Nc1ccc2c(c1)OCCO2)c1ccc(C(C)(C)C)cc1.CC. The Morgan fingerprint density at radius 1 is 0.964 bits per heavy atom. The van der Waals surface area contributed by atoms with Gasteiger partial charge in [-0.25, -0.2) is 0 Å². The second-order valence-corrected chi connectivity index (χ2v) is 7.50. The van der Waals surface area contributed by atoms with Crippen molar-refractivity contribution in [3.63, 3.8) is 0 Å². The van der Waals surface area contributed by atoms with E-state index in [9.17, 15) is 4.79 Å². The van der Waals surface area contributed by atoms with E-state index in [1.54, 1.807) is 12.1 Å². The number of nitrogens with one attached hydrogen (secondary N) is 1. The second kappa shape index (κ2) is 9.45. The van der Waals surface area contributed by atoms with Crippen molar-refractivity contribution in [3.05, 3.63) is 59.7 Å². The molecule has 1 aliphatic heterocycles. The Bertz CT molecular complexity index is 830. The van der Waals surface area contributed by atoms with Crippen LogP contribution < -0.4 is 14.8 Å². The predicted octanol–water partition coefficient (Wildman–Crippen LogP) is 5.82. The summed E-state index contributed by atoms with van der Waals surface area (Å²) in [5.41, 5.74) is 4.03. The topological polar surface area (TPSA) is 47.6 Å². The van der Waals surface area contributed by atoms with E-state index in [-0.39, 0.29) is 11.3 Å². The number of anilines is 1. The lowest BCUT2D eigenvalue weighted by atomic mass is 9.86. The molecule has 4 heteroatoms. The summed E-state index contributed by atoms with van der Waals surface area (Å²) >= 11 is 0. The monoisotopic (exact) mass is 381 g/mol. The van der Waals surface area contributed by atoms with E-state index in [4.69, 9.17) is 9.47 Å². The molecule has 1 heterocycles. The quantitative estimate of drug-likeness (QED) is 0.681. The fourth-order valence-electron chi connectivity index (χ4n) is 2.81. The standard InChI is InChI=1S/C22H25NO3.C2H6/c1-15(16-5-7-17(8-6-16)22(2,3)4)13-21(24)23-18-9-10-19-20(14-18)26-12-11-25-19;1-2/h5-10,13-14H,11-12H2,1-4H3,(H,23,24);1-2H3/b15-13+;. The van der Waals surface area contributed by atoms with Crippen molar-refractivity contribution in [2.24, 2.45) is 0 Å². The lowest BCUT2D eigenvalue weighted by molar-refractivity contribution is -0.111. The fraction of sp³-hybridized carbons (Fsp3) is 0.375. The minimum absolute atomic E-state index is 0.117. The zero-order chi connectivity index (χ0) is 20.7. The average Bonchev–Trinajstić information content (AvgIpc) is 2.68. The fourth-order valence-corrected chi connectivity index (χ4v) is 2.81. The van der Waals surface area contributed by atoms with Crippen molar-refractivity contribution in [3.8, 4) is 11.5 Å². The highest BCUT2D eigenvalue weighted by Crippen LogP contribution is 2.32. The van der Waals surface area contributed by atoms with E-state index in [2.05, 4.69) is 50.4 Å². The van der Waals surface area contributed by atoms with Crippen LogP contribution in [0.3, 0.4) is 0 Å². The van der Waals surface area contributed by atoms with Gasteiger partial charge in [0, 0.05) is 17.8 Å². The van der Waals surface area contributed by atoms with Gasteiger partial charge in [-0.1, -0.05) is 58.9 Å². The maximum absolute atomic E-state index is 12.3. The number of benzene rings is 2. The van der Waals surface area contributed by atoms with Gasteiger partial charge in [0.15, 0.2) is 11.5 Å². The normalized spacial score (nSPS) is 13.3. The van der Waals surface area contributed by atoms with E-state index < -0.39 is 0 Å². The number of carbonyl (C=O) groups is 1. The molecule has 0 aromatic heterocycles. The number of allylic oxidation sites excluding steroid dienone is 1. The van der Waals surface area contributed by atoms with Crippen molar-refractivity contribution in [1.29, 1.82) is 0 Å². The Labute approximate surface area is 168 Å². The number of hydrogen-bond acceptors (Lipinski definition) is 3. The van der Waals surface area contributed by atoms with Gasteiger partial charge in [-0.05, 0) is 41.2 Å². The molecule has 1 N–H and O–H groups in total. The minimum Gasteiger partial charge on any atom is -0.486 e. The Kier molecular flexibility index (Phi) is 7.27. The van der Waals surface area contributed by atoms with Crippen molar-refractivity contribution >= 4 is 17.2 Å². The zero-order valence-electron chi connectivity index (χ0n) is 17.8. The second-order valence-electron chi connectivity index (χ2n) is 7.50. The van der Waals surface area contributed by atoms with Crippen LogP contribution in [0.15, 0.2) is 48.5 Å². The van der Waals surface area contributed by atoms with E-state index in [1.165, 1.54) is 5.56 Å². The first-order valence-corrected chi connectivity index (χ1v) is 9.83. The number of carbonyl (C=O) groups excluding carboxylic acids is 1. The molecule has 0 unspecified atom stereocenters. The third-order valence-corrected chi connectivity index (χ3v) is 4.36. The molecule has 150 valence electrons. The third-order valence-electron chi connectivity index (χ3n) is 4.36. The molecule has 0 fully saturated rings. The Morgan fingerprint density at radius 2 is 1.57 bits per heavy atom. The summed E-state index contributed by atoms with van der Waals surface area (Å²) in [5, 5.41) is 2.88. The number of ether oxygens (including phenoxy) is 2. The first-order valence-electron chi connectivity index (χ1n) is 9.83. The summed E-state index contributed by atoms with van der Waals surface area (Å²) in [6.45, 7) is 13.6. The highest BCUT2D eigenvalue weighted by Gasteiger charge is 2.14. The predicted molar refractivity (Wildman–Crippen MR) is 116 cm³/mol. The van der Waals surface area contributed by atoms with E-state index >= 15 is 0 Å². The largest absolute Gasteiger partial charge is 0.486 e. The molecule has 28 heavy (non-hydrogen) atoms. The molecule has 0 spiro atoms. The zero-order valence-corrected chi connectivity index (χ0v) is 17.8. The van der Waals surface area contributed by atoms with Crippen LogP contribution in [0.2, 0.25) is 0 Å². The van der Waals surface area contributed by atoms with Crippen LogP contribution in [0.5, 0.6) is 11.5 Å². The smallest absolute Gasteiger partial charge is 0.248 e. The van der Waals surface area contributed by atoms with Crippen molar-refractivity contribution < 1.29 is 14.3 Å². The number of rotatable bonds is 3. The molecule has 3 rings (SSSR count). The molecule has 1 amide bonds. The van der Waals surface area contributed by atoms with E-state index in [0.717, 1.165) is 11.1 Å². The maximum atomic E-state index is 12.3. The van der Waals surface area contributed by atoms with E-state index in [1.807, 2.05) is 32.9 Å². The van der Waals surface area contributed by atoms with Crippen molar-refractivity contribution in [2.75, 3.05) is 18.5 Å². The van der Waals surface area contributed by atoms with Crippen LogP contribution in [0.25, 0.3) is 5.57 Å². The van der Waals surface area contributed by atoms with Crippen LogP contribution >= 0.6 is 0 Å². The molecular weight excluding hydrogens is 350 g/mol. The van der Waals surface area contributed by atoms with Gasteiger partial charge in [0.1, 0.15) is 13.2 Å². The van der Waals surface area contributed by atoms with Crippen molar-refractivity contribution in [1.82, 2.24) is 0 Å². The first kappa shape index (κ1) is 21.5. The first-order chi connectivity index (χ1) is 13.3. The van der Waals surface area contributed by atoms with Crippen LogP contribution in [-0.2, 0) is 10.2 Å². The maximum Gasteiger partial charge on any atom is 0.248 e. The van der Waals surface area contributed by atoms with Gasteiger partial charge < -0.3 is 14.8 Å². The van der Waals surface area contributed by atoms with Gasteiger partial charge in [0.05, 0.1) is 0 Å². The molecule has 2 aromatic carbocycles. The number of amides is 1. The molecule has 0 radical (unpaired) electrons. The Hall–Kier alpha value is -2.75. The lowest BCUT2D eigenvalue weighted by Gasteiger charge is -2.19. The average molecular weight is 382 g/mol. The van der Waals surface area contributed by atoms with Crippen LogP contribution in [0.1, 0.15) is 52.7 Å². The Morgan fingerprint density at radius 3 is 2.18 bits per heavy atom. The highest BCUT2D eigenvalue weighted by atomic mass is 16.6. The van der Waals surface area contributed by atoms with Crippen LogP contribution in [0, 0.1) is 0 Å². The molecule has 0 saturated carbocycles. The van der Waals surface area contributed by atoms with Crippen LogP contribution in [-0.4, -0.2) is 19.1 Å². The van der Waals surface area contributed by atoms with Crippen LogP contribution in [0.4, 0.5) is 5.69 Å². The molecule has 0 saturated heterocycles. The Balaban J connectivity index is 0.00000136.